The predicted octanol–water partition coefficient (Wildman–Crippen LogP) is 3.37. The molecule has 0 amide bonds. The fourth-order valence-electron chi connectivity index (χ4n) is 1.97. The van der Waals surface area contributed by atoms with Crippen molar-refractivity contribution in [3.05, 3.63) is 59.9 Å². The molecule has 0 aliphatic rings. The zero-order chi connectivity index (χ0) is 15.5. The number of benzene rings is 2. The van der Waals surface area contributed by atoms with Crippen molar-refractivity contribution in [2.24, 2.45) is 0 Å². The summed E-state index contributed by atoms with van der Waals surface area (Å²) in [6.07, 6.45) is 0.985. The molecule has 2 aromatic carbocycles. The van der Waals surface area contributed by atoms with Gasteiger partial charge in [-0.2, -0.15) is 0 Å². The van der Waals surface area contributed by atoms with E-state index in [0.717, 1.165) is 11.8 Å². The minimum Gasteiger partial charge on any atom is -0.378 e. The van der Waals surface area contributed by atoms with Crippen LogP contribution in [0, 0.1) is 5.82 Å². The average Bonchev–Trinajstić information content (AvgIpc) is 2.42. The van der Waals surface area contributed by atoms with Gasteiger partial charge in [-0.25, -0.2) is 12.8 Å². The molecule has 0 saturated carbocycles. The third-order valence-electron chi connectivity index (χ3n) is 2.94. The lowest BCUT2D eigenvalue weighted by atomic mass is 10.1. The molecule has 1 unspecified atom stereocenters. The molecule has 0 heterocycles. The van der Waals surface area contributed by atoms with Crippen LogP contribution in [0.3, 0.4) is 0 Å². The van der Waals surface area contributed by atoms with Crippen LogP contribution in [0.25, 0.3) is 0 Å². The van der Waals surface area contributed by atoms with E-state index in [2.05, 4.69) is 10.0 Å². The monoisotopic (exact) mass is 308 g/mol. The highest BCUT2D eigenvalue weighted by Gasteiger charge is 2.10. The molecule has 0 bridgehead atoms. The van der Waals surface area contributed by atoms with E-state index in [0.29, 0.717) is 5.69 Å². The van der Waals surface area contributed by atoms with Crippen LogP contribution >= 0.6 is 0 Å². The molecule has 0 saturated heterocycles. The fourth-order valence-corrected chi connectivity index (χ4v) is 2.52. The number of hydrogen-bond donors (Lipinski definition) is 2. The minimum atomic E-state index is -3.51. The first-order chi connectivity index (χ1) is 9.85. The molecule has 6 heteroatoms. The molecule has 0 fully saturated rings. The minimum absolute atomic E-state index is 0.0164. The summed E-state index contributed by atoms with van der Waals surface area (Å²) in [6, 6.07) is 14.0. The van der Waals surface area contributed by atoms with E-state index in [1.165, 1.54) is 12.1 Å². The molecule has 21 heavy (non-hydrogen) atoms. The Morgan fingerprint density at radius 3 is 2.38 bits per heavy atom. The van der Waals surface area contributed by atoms with Crippen LogP contribution in [0.2, 0.25) is 0 Å². The molecule has 0 aliphatic carbocycles. The van der Waals surface area contributed by atoms with Crippen LogP contribution in [0.4, 0.5) is 15.8 Å². The molecular formula is C15H17FN2O2S. The number of halogens is 1. The van der Waals surface area contributed by atoms with Gasteiger partial charge in [-0.15, -0.1) is 0 Å². The summed E-state index contributed by atoms with van der Waals surface area (Å²) in [6.45, 7) is 1.97. The first kappa shape index (κ1) is 15.3. The van der Waals surface area contributed by atoms with E-state index in [9.17, 15) is 12.8 Å². The lowest BCUT2D eigenvalue weighted by Crippen LogP contribution is -2.12. The second-order valence-corrected chi connectivity index (χ2v) is 6.59. The first-order valence-corrected chi connectivity index (χ1v) is 8.33. The van der Waals surface area contributed by atoms with Crippen LogP contribution in [0.15, 0.2) is 48.5 Å². The summed E-state index contributed by atoms with van der Waals surface area (Å²) < 4.78 is 38.2. The average molecular weight is 308 g/mol. The number of rotatable bonds is 5. The SMILES string of the molecule is CC(Nc1ccc(F)c(NS(C)(=O)=O)c1)c1ccccc1. The first-order valence-electron chi connectivity index (χ1n) is 6.44. The number of nitrogens with one attached hydrogen (secondary N) is 2. The molecule has 1 atom stereocenters. The van der Waals surface area contributed by atoms with Gasteiger partial charge in [0.05, 0.1) is 11.9 Å². The van der Waals surface area contributed by atoms with Gasteiger partial charge in [-0.05, 0) is 30.7 Å². The maximum Gasteiger partial charge on any atom is 0.229 e. The van der Waals surface area contributed by atoms with Gasteiger partial charge in [0, 0.05) is 11.7 Å². The van der Waals surface area contributed by atoms with Gasteiger partial charge in [0.25, 0.3) is 0 Å². The second kappa shape index (κ2) is 6.13. The van der Waals surface area contributed by atoms with Gasteiger partial charge in [0.15, 0.2) is 0 Å². The summed E-state index contributed by atoms with van der Waals surface area (Å²) in [7, 11) is -3.51. The number of hydrogen-bond acceptors (Lipinski definition) is 3. The van der Waals surface area contributed by atoms with E-state index >= 15 is 0 Å². The highest BCUT2D eigenvalue weighted by molar-refractivity contribution is 7.92. The lowest BCUT2D eigenvalue weighted by molar-refractivity contribution is 0.604. The van der Waals surface area contributed by atoms with Gasteiger partial charge in [0.1, 0.15) is 5.82 Å². The molecule has 2 rings (SSSR count). The second-order valence-electron chi connectivity index (χ2n) is 4.85. The quantitative estimate of drug-likeness (QED) is 0.890. The molecule has 2 N–H and O–H groups in total. The Morgan fingerprint density at radius 2 is 1.76 bits per heavy atom. The van der Waals surface area contributed by atoms with Crippen LogP contribution in [-0.4, -0.2) is 14.7 Å². The van der Waals surface area contributed by atoms with Crippen molar-refractivity contribution in [1.29, 1.82) is 0 Å². The van der Waals surface area contributed by atoms with E-state index in [-0.39, 0.29) is 11.7 Å². The zero-order valence-electron chi connectivity index (χ0n) is 11.8. The molecular weight excluding hydrogens is 291 g/mol. The Hall–Kier alpha value is -2.08. The van der Waals surface area contributed by atoms with Gasteiger partial charge in [-0.1, -0.05) is 30.3 Å². The number of anilines is 2. The summed E-state index contributed by atoms with van der Waals surface area (Å²) in [5, 5.41) is 3.21. The smallest absolute Gasteiger partial charge is 0.229 e. The van der Waals surface area contributed by atoms with Crippen molar-refractivity contribution in [2.75, 3.05) is 16.3 Å². The van der Waals surface area contributed by atoms with Crippen LogP contribution in [0.1, 0.15) is 18.5 Å². The Balaban J connectivity index is 2.19. The van der Waals surface area contributed by atoms with Crippen molar-refractivity contribution in [3.8, 4) is 0 Å². The van der Waals surface area contributed by atoms with E-state index in [1.54, 1.807) is 6.07 Å². The molecule has 0 aromatic heterocycles. The van der Waals surface area contributed by atoms with E-state index in [4.69, 9.17) is 0 Å². The number of sulfonamides is 1. The van der Waals surface area contributed by atoms with Crippen molar-refractivity contribution in [3.63, 3.8) is 0 Å². The largest absolute Gasteiger partial charge is 0.378 e. The molecule has 0 aliphatic heterocycles. The summed E-state index contributed by atoms with van der Waals surface area (Å²) >= 11 is 0. The highest BCUT2D eigenvalue weighted by atomic mass is 32.2. The Kier molecular flexibility index (Phi) is 4.47. The highest BCUT2D eigenvalue weighted by Crippen LogP contribution is 2.24. The van der Waals surface area contributed by atoms with E-state index < -0.39 is 15.8 Å². The predicted molar refractivity (Wildman–Crippen MR) is 83.3 cm³/mol. The van der Waals surface area contributed by atoms with Crippen LogP contribution in [-0.2, 0) is 10.0 Å². The Labute approximate surface area is 124 Å². The Morgan fingerprint density at radius 1 is 1.10 bits per heavy atom. The molecule has 0 radical (unpaired) electrons. The van der Waals surface area contributed by atoms with Gasteiger partial charge >= 0.3 is 0 Å². The van der Waals surface area contributed by atoms with Gasteiger partial charge < -0.3 is 5.32 Å². The van der Waals surface area contributed by atoms with Crippen LogP contribution in [0.5, 0.6) is 0 Å². The molecule has 112 valence electrons. The molecule has 0 spiro atoms. The third-order valence-corrected chi connectivity index (χ3v) is 3.54. The fraction of sp³-hybridized carbons (Fsp3) is 0.200. The normalized spacial score (nSPS) is 12.7. The molecule has 4 nitrogen and oxygen atoms in total. The van der Waals surface area contributed by atoms with Gasteiger partial charge in [-0.3, -0.25) is 4.72 Å². The van der Waals surface area contributed by atoms with Crippen LogP contribution < -0.4 is 10.0 Å². The van der Waals surface area contributed by atoms with Crippen molar-refractivity contribution in [2.45, 2.75) is 13.0 Å². The summed E-state index contributed by atoms with van der Waals surface area (Å²) in [4.78, 5) is 0. The lowest BCUT2D eigenvalue weighted by Gasteiger charge is -2.16. The zero-order valence-corrected chi connectivity index (χ0v) is 12.6. The standard InChI is InChI=1S/C15H17FN2O2S/c1-11(12-6-4-3-5-7-12)17-13-8-9-14(16)15(10-13)18-21(2,19)20/h3-11,17-18H,1-2H3. The van der Waals surface area contributed by atoms with Crippen molar-refractivity contribution < 1.29 is 12.8 Å². The maximum atomic E-state index is 13.6. The van der Waals surface area contributed by atoms with Crippen molar-refractivity contribution >= 4 is 21.4 Å². The summed E-state index contributed by atoms with van der Waals surface area (Å²) in [5.41, 5.74) is 1.65. The topological polar surface area (TPSA) is 58.2 Å². The summed E-state index contributed by atoms with van der Waals surface area (Å²) in [5.74, 6) is -0.613. The maximum absolute atomic E-state index is 13.6. The Bertz CT molecular complexity index is 718. The van der Waals surface area contributed by atoms with Gasteiger partial charge in [0.2, 0.25) is 10.0 Å². The van der Waals surface area contributed by atoms with E-state index in [1.807, 2.05) is 37.3 Å². The third kappa shape index (κ3) is 4.46. The van der Waals surface area contributed by atoms with Crippen molar-refractivity contribution in [1.82, 2.24) is 0 Å². The molecule has 2 aromatic rings.